The summed E-state index contributed by atoms with van der Waals surface area (Å²) in [7, 11) is 0. The van der Waals surface area contributed by atoms with E-state index in [4.69, 9.17) is 5.73 Å². The number of carbonyl (C=O) groups is 2. The lowest BCUT2D eigenvalue weighted by atomic mass is 10.1. The van der Waals surface area contributed by atoms with E-state index in [1.165, 1.54) is 4.90 Å². The first-order valence-corrected chi connectivity index (χ1v) is 8.67. The van der Waals surface area contributed by atoms with E-state index in [-0.39, 0.29) is 5.91 Å². The summed E-state index contributed by atoms with van der Waals surface area (Å²) in [5, 5.41) is 6.40. The molecule has 0 saturated heterocycles. The number of nitrogens with two attached hydrogens (primary N) is 1. The Hall–Kier alpha value is -3.15. The number of nitrogens with zero attached hydrogens (tertiary/aromatic N) is 3. The van der Waals surface area contributed by atoms with E-state index in [0.717, 1.165) is 35.6 Å². The van der Waals surface area contributed by atoms with Crippen LogP contribution < -0.4 is 15.6 Å². The van der Waals surface area contributed by atoms with Crippen LogP contribution in [0.3, 0.4) is 0 Å². The molecule has 0 fully saturated rings. The van der Waals surface area contributed by atoms with Crippen LogP contribution in [0.25, 0.3) is 0 Å². The topological polar surface area (TPSA) is 79.0 Å². The number of carbonyl (C=O) groups excluding carboxylic acids is 2. The van der Waals surface area contributed by atoms with E-state index in [0.29, 0.717) is 12.0 Å². The van der Waals surface area contributed by atoms with Gasteiger partial charge in [0.15, 0.2) is 0 Å². The first-order valence-electron chi connectivity index (χ1n) is 8.67. The van der Waals surface area contributed by atoms with Crippen LogP contribution in [0.2, 0.25) is 0 Å². The van der Waals surface area contributed by atoms with E-state index >= 15 is 0 Å². The van der Waals surface area contributed by atoms with Gasteiger partial charge in [-0.25, -0.2) is 0 Å². The number of hydrogen-bond acceptors (Lipinski definition) is 4. The number of amides is 2. The van der Waals surface area contributed by atoms with E-state index in [1.807, 2.05) is 48.3 Å². The molecule has 2 amide bonds. The summed E-state index contributed by atoms with van der Waals surface area (Å²) in [5.41, 5.74) is 9.84. The van der Waals surface area contributed by atoms with Crippen molar-refractivity contribution in [3.05, 3.63) is 59.7 Å². The Kier molecular flexibility index (Phi) is 3.95. The van der Waals surface area contributed by atoms with Gasteiger partial charge in [-0.1, -0.05) is 18.2 Å². The summed E-state index contributed by atoms with van der Waals surface area (Å²) in [6.45, 7) is 2.86. The van der Waals surface area contributed by atoms with Crippen molar-refractivity contribution in [1.29, 1.82) is 0 Å². The lowest BCUT2D eigenvalue weighted by Gasteiger charge is -2.23. The molecule has 0 radical (unpaired) electrons. The highest BCUT2D eigenvalue weighted by atomic mass is 16.2. The van der Waals surface area contributed by atoms with Crippen molar-refractivity contribution in [1.82, 2.24) is 0 Å². The van der Waals surface area contributed by atoms with Crippen LogP contribution in [0.1, 0.15) is 29.3 Å². The summed E-state index contributed by atoms with van der Waals surface area (Å²) in [6.07, 6.45) is 1.41. The van der Waals surface area contributed by atoms with Gasteiger partial charge in [0.05, 0.1) is 5.69 Å². The van der Waals surface area contributed by atoms with Gasteiger partial charge in [-0.2, -0.15) is 5.10 Å². The van der Waals surface area contributed by atoms with E-state index in [1.54, 1.807) is 12.1 Å². The predicted octanol–water partition coefficient (Wildman–Crippen LogP) is 2.33. The van der Waals surface area contributed by atoms with E-state index in [2.05, 4.69) is 5.10 Å². The molecular formula is C20H20N4O2. The largest absolute Gasteiger partial charge is 0.368 e. The Bertz CT molecular complexity index is 904. The second kappa shape index (κ2) is 6.29. The molecule has 2 aromatic rings. The zero-order valence-corrected chi connectivity index (χ0v) is 14.6. The van der Waals surface area contributed by atoms with Gasteiger partial charge < -0.3 is 5.73 Å². The zero-order valence-electron chi connectivity index (χ0n) is 14.6. The zero-order chi connectivity index (χ0) is 18.3. The monoisotopic (exact) mass is 348 g/mol. The minimum absolute atomic E-state index is 0.216. The van der Waals surface area contributed by atoms with E-state index in [9.17, 15) is 9.59 Å². The SMILES string of the molecule is CC1=NN(c2ccc(C(=O)N3c4ccccc4C[C@H]3C(N)=O)cc2)CC1. The third-order valence-corrected chi connectivity index (χ3v) is 4.91. The molecule has 2 heterocycles. The van der Waals surface area contributed by atoms with E-state index < -0.39 is 11.9 Å². The summed E-state index contributed by atoms with van der Waals surface area (Å²) < 4.78 is 0. The molecular weight excluding hydrogens is 328 g/mol. The molecule has 0 aromatic heterocycles. The lowest BCUT2D eigenvalue weighted by Crippen LogP contribution is -2.46. The Labute approximate surface area is 151 Å². The molecule has 0 spiro atoms. The molecule has 2 aliphatic rings. The Balaban J connectivity index is 1.63. The fourth-order valence-electron chi connectivity index (χ4n) is 3.54. The Morgan fingerprint density at radius 1 is 1.12 bits per heavy atom. The summed E-state index contributed by atoms with van der Waals surface area (Å²) in [5.74, 6) is -0.709. The lowest BCUT2D eigenvalue weighted by molar-refractivity contribution is -0.119. The van der Waals surface area contributed by atoms with Crippen molar-refractivity contribution in [2.45, 2.75) is 25.8 Å². The van der Waals surface area contributed by atoms with Crippen LogP contribution >= 0.6 is 0 Å². The first kappa shape index (κ1) is 16.3. The first-order chi connectivity index (χ1) is 12.5. The number of hydrogen-bond donors (Lipinski definition) is 1. The molecule has 6 heteroatoms. The van der Waals surface area contributed by atoms with Gasteiger partial charge in [0.25, 0.3) is 5.91 Å². The second-order valence-electron chi connectivity index (χ2n) is 6.68. The van der Waals surface area contributed by atoms with Crippen LogP contribution in [0.5, 0.6) is 0 Å². The average Bonchev–Trinajstić information content (AvgIpc) is 3.25. The van der Waals surface area contributed by atoms with Crippen molar-refractivity contribution >= 4 is 28.9 Å². The predicted molar refractivity (Wildman–Crippen MR) is 101 cm³/mol. The van der Waals surface area contributed by atoms with Gasteiger partial charge in [-0.3, -0.25) is 19.5 Å². The molecule has 1 atom stereocenters. The van der Waals surface area contributed by atoms with Crippen LogP contribution in [0.15, 0.2) is 53.6 Å². The second-order valence-corrected chi connectivity index (χ2v) is 6.68. The third kappa shape index (κ3) is 2.73. The van der Waals surface area contributed by atoms with Gasteiger partial charge in [0.1, 0.15) is 6.04 Å². The Morgan fingerprint density at radius 3 is 2.50 bits per heavy atom. The molecule has 0 bridgehead atoms. The van der Waals surface area contributed by atoms with Crippen molar-refractivity contribution in [3.63, 3.8) is 0 Å². The van der Waals surface area contributed by atoms with Gasteiger partial charge in [0, 0.05) is 36.3 Å². The molecule has 2 aliphatic heterocycles. The van der Waals surface area contributed by atoms with Crippen molar-refractivity contribution < 1.29 is 9.59 Å². The van der Waals surface area contributed by atoms with Crippen molar-refractivity contribution in [3.8, 4) is 0 Å². The Morgan fingerprint density at radius 2 is 1.85 bits per heavy atom. The summed E-state index contributed by atoms with van der Waals surface area (Å²) in [4.78, 5) is 26.5. The number of anilines is 2. The fourth-order valence-corrected chi connectivity index (χ4v) is 3.54. The number of para-hydroxylation sites is 1. The van der Waals surface area contributed by atoms with Crippen molar-refractivity contribution in [2.75, 3.05) is 16.5 Å². The minimum Gasteiger partial charge on any atom is -0.368 e. The van der Waals surface area contributed by atoms with Gasteiger partial charge in [0.2, 0.25) is 5.91 Å². The minimum atomic E-state index is -0.648. The quantitative estimate of drug-likeness (QED) is 0.924. The number of hydrazone groups is 1. The average molecular weight is 348 g/mol. The van der Waals surface area contributed by atoms with Crippen LogP contribution in [-0.4, -0.2) is 30.1 Å². The molecule has 4 rings (SSSR count). The highest BCUT2D eigenvalue weighted by Crippen LogP contribution is 2.33. The van der Waals surface area contributed by atoms with Crippen molar-refractivity contribution in [2.24, 2.45) is 10.8 Å². The number of fused-ring (bicyclic) bond motifs is 1. The number of benzene rings is 2. The molecule has 2 aromatic carbocycles. The molecule has 2 N–H and O–H groups in total. The van der Waals surface area contributed by atoms with Gasteiger partial charge in [-0.15, -0.1) is 0 Å². The molecule has 6 nitrogen and oxygen atoms in total. The standard InChI is InChI=1S/C20H20N4O2/c1-13-10-11-23(22-13)16-8-6-14(7-9-16)20(26)24-17-5-3-2-4-15(17)12-18(24)19(21)25/h2-9,18H,10-12H2,1H3,(H2,21,25)/t18-/m0/s1. The molecule has 0 unspecified atom stereocenters. The smallest absolute Gasteiger partial charge is 0.259 e. The highest BCUT2D eigenvalue weighted by Gasteiger charge is 2.37. The highest BCUT2D eigenvalue weighted by molar-refractivity contribution is 6.11. The maximum absolute atomic E-state index is 13.1. The molecule has 0 saturated carbocycles. The maximum Gasteiger partial charge on any atom is 0.259 e. The van der Waals surface area contributed by atoms with Crippen LogP contribution in [-0.2, 0) is 11.2 Å². The summed E-state index contributed by atoms with van der Waals surface area (Å²) in [6, 6.07) is 14.2. The van der Waals surface area contributed by atoms with Crippen LogP contribution in [0.4, 0.5) is 11.4 Å². The normalized spacial score (nSPS) is 18.7. The van der Waals surface area contributed by atoms with Gasteiger partial charge >= 0.3 is 0 Å². The summed E-state index contributed by atoms with van der Waals surface area (Å²) >= 11 is 0. The third-order valence-electron chi connectivity index (χ3n) is 4.91. The maximum atomic E-state index is 13.1. The molecule has 26 heavy (non-hydrogen) atoms. The van der Waals surface area contributed by atoms with Crippen LogP contribution in [0, 0.1) is 0 Å². The number of primary amides is 1. The fraction of sp³-hybridized carbons (Fsp3) is 0.250. The molecule has 0 aliphatic carbocycles. The number of rotatable bonds is 3. The van der Waals surface area contributed by atoms with Gasteiger partial charge in [-0.05, 0) is 42.8 Å². The molecule has 132 valence electrons.